The van der Waals surface area contributed by atoms with Crippen molar-refractivity contribution < 1.29 is 18.0 Å². The molecule has 8 heteroatoms. The van der Waals surface area contributed by atoms with E-state index >= 15 is 0 Å². The van der Waals surface area contributed by atoms with Gasteiger partial charge in [0.15, 0.2) is 0 Å². The van der Waals surface area contributed by atoms with Gasteiger partial charge in [0, 0.05) is 11.8 Å². The highest BCUT2D eigenvalue weighted by Crippen LogP contribution is 2.36. The fraction of sp³-hybridized carbons (Fsp3) is 0.0526. The minimum Gasteiger partial charge on any atom is -0.321 e. The Kier molecular flexibility index (Phi) is 5.39. The summed E-state index contributed by atoms with van der Waals surface area (Å²) in [4.78, 5) is 16.3. The van der Waals surface area contributed by atoms with Crippen LogP contribution in [0.5, 0.6) is 0 Å². The Morgan fingerprint density at radius 2 is 1.63 bits per heavy atom. The van der Waals surface area contributed by atoms with Gasteiger partial charge in [-0.05, 0) is 24.3 Å². The van der Waals surface area contributed by atoms with E-state index in [1.807, 2.05) is 0 Å². The van der Waals surface area contributed by atoms with E-state index in [1.54, 1.807) is 48.5 Å². The third-order valence-electron chi connectivity index (χ3n) is 3.72. The summed E-state index contributed by atoms with van der Waals surface area (Å²) in [5.41, 5.74) is 0.169. The number of benzene rings is 2. The maximum absolute atomic E-state index is 12.8. The number of nitrogens with one attached hydrogen (secondary N) is 1. The van der Waals surface area contributed by atoms with Gasteiger partial charge in [-0.25, -0.2) is 0 Å². The van der Waals surface area contributed by atoms with Crippen molar-refractivity contribution in [1.29, 1.82) is 0 Å². The van der Waals surface area contributed by atoms with Crippen LogP contribution >= 0.6 is 23.2 Å². The molecule has 0 aliphatic carbocycles. The first-order chi connectivity index (χ1) is 12.8. The molecule has 0 spiro atoms. The van der Waals surface area contributed by atoms with Crippen LogP contribution in [0.1, 0.15) is 15.9 Å². The molecular weight excluding hydrogens is 400 g/mol. The van der Waals surface area contributed by atoms with Crippen LogP contribution in [0.3, 0.4) is 0 Å². The van der Waals surface area contributed by atoms with Gasteiger partial charge in [0.05, 0.1) is 32.6 Å². The van der Waals surface area contributed by atoms with E-state index in [0.717, 1.165) is 6.07 Å². The van der Waals surface area contributed by atoms with Gasteiger partial charge in [-0.3, -0.25) is 9.78 Å². The molecule has 1 N–H and O–H groups in total. The van der Waals surface area contributed by atoms with E-state index < -0.39 is 17.6 Å². The Bertz CT molecular complexity index is 1010. The van der Waals surface area contributed by atoms with Gasteiger partial charge >= 0.3 is 6.18 Å². The summed E-state index contributed by atoms with van der Waals surface area (Å²) in [6.07, 6.45) is -3.85. The Morgan fingerprint density at radius 1 is 0.963 bits per heavy atom. The maximum atomic E-state index is 12.8. The second-order valence-electron chi connectivity index (χ2n) is 5.53. The molecule has 138 valence electrons. The van der Waals surface area contributed by atoms with E-state index in [9.17, 15) is 18.0 Å². The molecule has 0 atom stereocenters. The standard InChI is InChI=1S/C19H11Cl2F3N2O/c20-14-7-3-1-5-12(14)18(27)26-16-8-4-2-6-13(16)17-15(21)9-11(10-25-17)19(22,23)24/h1-10H,(H,26,27). The Morgan fingerprint density at radius 3 is 2.30 bits per heavy atom. The van der Waals surface area contributed by atoms with Crippen LogP contribution in [-0.4, -0.2) is 10.9 Å². The van der Waals surface area contributed by atoms with Crippen LogP contribution in [0.2, 0.25) is 10.0 Å². The highest BCUT2D eigenvalue weighted by atomic mass is 35.5. The molecule has 3 nitrogen and oxygen atoms in total. The second-order valence-corrected chi connectivity index (χ2v) is 6.35. The minimum atomic E-state index is -4.55. The molecule has 0 fully saturated rings. The summed E-state index contributed by atoms with van der Waals surface area (Å²) >= 11 is 12.1. The summed E-state index contributed by atoms with van der Waals surface area (Å²) in [7, 11) is 0. The minimum absolute atomic E-state index is 0.125. The normalized spacial score (nSPS) is 11.3. The summed E-state index contributed by atoms with van der Waals surface area (Å²) in [6.45, 7) is 0. The number of hydrogen-bond acceptors (Lipinski definition) is 2. The molecule has 0 bridgehead atoms. The molecule has 27 heavy (non-hydrogen) atoms. The third-order valence-corrected chi connectivity index (χ3v) is 4.34. The zero-order chi connectivity index (χ0) is 19.6. The summed E-state index contributed by atoms with van der Waals surface area (Å²) in [6, 6.07) is 13.8. The number of para-hydroxylation sites is 1. The molecular formula is C19H11Cl2F3N2O. The van der Waals surface area contributed by atoms with Crippen LogP contribution in [0.4, 0.5) is 18.9 Å². The quantitative estimate of drug-likeness (QED) is 0.548. The highest BCUT2D eigenvalue weighted by molar-refractivity contribution is 6.34. The number of alkyl halides is 3. The number of pyridine rings is 1. The van der Waals surface area contributed by atoms with Gasteiger partial charge in [-0.15, -0.1) is 0 Å². The highest BCUT2D eigenvalue weighted by Gasteiger charge is 2.31. The van der Waals surface area contributed by atoms with Crippen molar-refractivity contribution in [3.05, 3.63) is 82.0 Å². The SMILES string of the molecule is O=C(Nc1ccccc1-c1ncc(C(F)(F)F)cc1Cl)c1ccccc1Cl. The van der Waals surface area contributed by atoms with Crippen molar-refractivity contribution in [2.45, 2.75) is 6.18 Å². The van der Waals surface area contributed by atoms with Gasteiger partial charge in [-0.2, -0.15) is 13.2 Å². The van der Waals surface area contributed by atoms with Crippen molar-refractivity contribution in [2.24, 2.45) is 0 Å². The van der Waals surface area contributed by atoms with Crippen LogP contribution in [0, 0.1) is 0 Å². The van der Waals surface area contributed by atoms with Gasteiger partial charge in [-0.1, -0.05) is 53.5 Å². The van der Waals surface area contributed by atoms with Crippen LogP contribution in [0.15, 0.2) is 60.8 Å². The number of aromatic nitrogens is 1. The summed E-state index contributed by atoms with van der Waals surface area (Å²) < 4.78 is 38.4. The first-order valence-electron chi connectivity index (χ1n) is 7.65. The Labute approximate surface area is 162 Å². The number of carbonyl (C=O) groups is 1. The lowest BCUT2D eigenvalue weighted by molar-refractivity contribution is -0.137. The molecule has 1 heterocycles. The first kappa shape index (κ1) is 19.2. The number of carbonyl (C=O) groups excluding carboxylic acids is 1. The summed E-state index contributed by atoms with van der Waals surface area (Å²) in [5.74, 6) is -0.462. The van der Waals surface area contributed by atoms with E-state index in [-0.39, 0.29) is 21.3 Å². The van der Waals surface area contributed by atoms with Crippen LogP contribution in [-0.2, 0) is 6.18 Å². The summed E-state index contributed by atoms with van der Waals surface area (Å²) in [5, 5.41) is 2.79. The van der Waals surface area contributed by atoms with E-state index in [2.05, 4.69) is 10.3 Å². The van der Waals surface area contributed by atoms with E-state index in [1.165, 1.54) is 0 Å². The lowest BCUT2D eigenvalue weighted by atomic mass is 10.1. The average Bonchev–Trinajstić information content (AvgIpc) is 2.62. The second kappa shape index (κ2) is 7.58. The fourth-order valence-corrected chi connectivity index (χ4v) is 2.91. The van der Waals surface area contributed by atoms with E-state index in [0.29, 0.717) is 17.4 Å². The lowest BCUT2D eigenvalue weighted by Crippen LogP contribution is -2.13. The topological polar surface area (TPSA) is 42.0 Å². The molecule has 0 aliphatic heterocycles. The molecule has 0 radical (unpaired) electrons. The third kappa shape index (κ3) is 4.23. The zero-order valence-electron chi connectivity index (χ0n) is 13.5. The van der Waals surface area contributed by atoms with E-state index in [4.69, 9.17) is 23.2 Å². The van der Waals surface area contributed by atoms with Gasteiger partial charge in [0.25, 0.3) is 5.91 Å². The molecule has 0 unspecified atom stereocenters. The number of anilines is 1. The fourth-order valence-electron chi connectivity index (χ4n) is 2.42. The predicted octanol–water partition coefficient (Wildman–Crippen LogP) is 6.33. The number of rotatable bonds is 3. The zero-order valence-corrected chi connectivity index (χ0v) is 15.0. The lowest BCUT2D eigenvalue weighted by Gasteiger charge is -2.13. The number of halogens is 5. The van der Waals surface area contributed by atoms with Crippen molar-refractivity contribution in [3.8, 4) is 11.3 Å². The van der Waals surface area contributed by atoms with Crippen LogP contribution < -0.4 is 5.32 Å². The predicted molar refractivity (Wildman–Crippen MR) is 99.1 cm³/mol. The smallest absolute Gasteiger partial charge is 0.321 e. The number of hydrogen-bond donors (Lipinski definition) is 1. The molecule has 2 aromatic carbocycles. The number of amides is 1. The Hall–Kier alpha value is -2.57. The maximum Gasteiger partial charge on any atom is 0.417 e. The van der Waals surface area contributed by atoms with Crippen LogP contribution in [0.25, 0.3) is 11.3 Å². The molecule has 1 aromatic heterocycles. The Balaban J connectivity index is 1.98. The molecule has 3 aromatic rings. The van der Waals surface area contributed by atoms with Crippen molar-refractivity contribution in [1.82, 2.24) is 4.98 Å². The largest absolute Gasteiger partial charge is 0.417 e. The van der Waals surface area contributed by atoms with Crippen molar-refractivity contribution >= 4 is 34.8 Å². The van der Waals surface area contributed by atoms with Gasteiger partial charge in [0.2, 0.25) is 0 Å². The molecule has 0 aliphatic rings. The molecule has 3 rings (SSSR count). The molecule has 0 saturated carbocycles. The monoisotopic (exact) mass is 410 g/mol. The van der Waals surface area contributed by atoms with Gasteiger partial charge in [0.1, 0.15) is 0 Å². The van der Waals surface area contributed by atoms with Crippen molar-refractivity contribution in [3.63, 3.8) is 0 Å². The molecule has 0 saturated heterocycles. The first-order valence-corrected chi connectivity index (χ1v) is 8.41. The molecule has 1 amide bonds. The average molecular weight is 411 g/mol. The van der Waals surface area contributed by atoms with Crippen molar-refractivity contribution in [2.75, 3.05) is 5.32 Å². The number of nitrogens with zero attached hydrogens (tertiary/aromatic N) is 1. The van der Waals surface area contributed by atoms with Gasteiger partial charge < -0.3 is 5.32 Å².